The number of benzene rings is 1. The van der Waals surface area contributed by atoms with Crippen LogP contribution < -0.4 is 5.56 Å². The van der Waals surface area contributed by atoms with Gasteiger partial charge in [-0.1, -0.05) is 29.3 Å². The van der Waals surface area contributed by atoms with Crippen LogP contribution in [0.3, 0.4) is 0 Å². The Morgan fingerprint density at radius 2 is 2.04 bits per heavy atom. The quantitative estimate of drug-likeness (QED) is 0.761. The number of nitrogens with one attached hydrogen (secondary N) is 1. The van der Waals surface area contributed by atoms with Crippen molar-refractivity contribution in [3.63, 3.8) is 0 Å². The summed E-state index contributed by atoms with van der Waals surface area (Å²) in [7, 11) is 0. The van der Waals surface area contributed by atoms with Crippen LogP contribution >= 0.6 is 23.2 Å². The lowest BCUT2D eigenvalue weighted by molar-refractivity contribution is 0.298. The fourth-order valence-electron chi connectivity index (χ4n) is 2.75. The summed E-state index contributed by atoms with van der Waals surface area (Å²) < 4.78 is 1.33. The van der Waals surface area contributed by atoms with Gasteiger partial charge in [0.2, 0.25) is 0 Å². The van der Waals surface area contributed by atoms with Crippen LogP contribution in [0.15, 0.2) is 23.0 Å². The van der Waals surface area contributed by atoms with E-state index in [0.717, 1.165) is 11.1 Å². The molecule has 3 rings (SSSR count). The molecule has 0 unspecified atom stereocenters. The van der Waals surface area contributed by atoms with Crippen LogP contribution in [0.4, 0.5) is 0 Å². The Kier molecular flexibility index (Phi) is 4.19. The number of nitrogens with zero attached hydrogens (tertiary/aromatic N) is 2. The summed E-state index contributed by atoms with van der Waals surface area (Å²) in [5, 5.41) is 14.5. The van der Waals surface area contributed by atoms with E-state index in [1.807, 2.05) is 19.9 Å². The maximum absolute atomic E-state index is 12.6. The summed E-state index contributed by atoms with van der Waals surface area (Å²) in [6.07, 6.45) is 0.285. The van der Waals surface area contributed by atoms with E-state index in [1.54, 1.807) is 12.1 Å². The van der Waals surface area contributed by atoms with Crippen molar-refractivity contribution >= 4 is 28.8 Å². The highest BCUT2D eigenvalue weighted by molar-refractivity contribution is 6.36. The second-order valence-corrected chi connectivity index (χ2v) is 6.20. The van der Waals surface area contributed by atoms with Gasteiger partial charge < -0.3 is 10.1 Å². The van der Waals surface area contributed by atoms with Gasteiger partial charge in [0.25, 0.3) is 5.56 Å². The van der Waals surface area contributed by atoms with Crippen molar-refractivity contribution in [2.45, 2.75) is 20.3 Å². The lowest BCUT2D eigenvalue weighted by Gasteiger charge is -2.07. The molecule has 120 valence electrons. The summed E-state index contributed by atoms with van der Waals surface area (Å²) in [4.78, 5) is 15.8. The van der Waals surface area contributed by atoms with Crippen molar-refractivity contribution in [1.82, 2.24) is 14.6 Å². The third-order valence-electron chi connectivity index (χ3n) is 3.83. The van der Waals surface area contributed by atoms with Crippen LogP contribution in [-0.4, -0.2) is 26.3 Å². The Balaban J connectivity index is 2.35. The number of halogens is 2. The average Bonchev–Trinajstić information content (AvgIpc) is 2.80. The van der Waals surface area contributed by atoms with Crippen LogP contribution in [0.1, 0.15) is 17.0 Å². The zero-order chi connectivity index (χ0) is 16.7. The van der Waals surface area contributed by atoms with Gasteiger partial charge in [-0.25, -0.2) is 0 Å². The van der Waals surface area contributed by atoms with Crippen molar-refractivity contribution in [2.75, 3.05) is 6.61 Å². The second kappa shape index (κ2) is 6.00. The van der Waals surface area contributed by atoms with E-state index in [1.165, 1.54) is 4.52 Å². The van der Waals surface area contributed by atoms with Crippen LogP contribution in [0, 0.1) is 13.8 Å². The van der Waals surface area contributed by atoms with Crippen molar-refractivity contribution in [3.8, 4) is 11.1 Å². The number of hydrogen-bond donors (Lipinski definition) is 2. The van der Waals surface area contributed by atoms with Crippen LogP contribution in [0.25, 0.3) is 16.8 Å². The van der Waals surface area contributed by atoms with E-state index in [4.69, 9.17) is 28.3 Å². The zero-order valence-corrected chi connectivity index (χ0v) is 14.2. The number of H-pyrrole nitrogens is 1. The molecule has 5 nitrogen and oxygen atoms in total. The average molecular weight is 352 g/mol. The lowest BCUT2D eigenvalue weighted by Crippen LogP contribution is -2.22. The molecule has 2 N–H and O–H groups in total. The van der Waals surface area contributed by atoms with Gasteiger partial charge in [0.15, 0.2) is 0 Å². The predicted octanol–water partition coefficient (Wildman–Crippen LogP) is 3.15. The van der Waals surface area contributed by atoms with Crippen molar-refractivity contribution in [1.29, 1.82) is 0 Å². The molecule has 0 aliphatic rings. The minimum absolute atomic E-state index is 0.0917. The highest BCUT2D eigenvalue weighted by Gasteiger charge is 2.19. The highest BCUT2D eigenvalue weighted by Crippen LogP contribution is 2.34. The van der Waals surface area contributed by atoms with Gasteiger partial charge >= 0.3 is 0 Å². The minimum Gasteiger partial charge on any atom is -0.396 e. The minimum atomic E-state index is -0.232. The fraction of sp³-hybridized carbons (Fsp3) is 0.250. The van der Waals surface area contributed by atoms with E-state index in [0.29, 0.717) is 32.6 Å². The van der Waals surface area contributed by atoms with Gasteiger partial charge in [-0.2, -0.15) is 9.61 Å². The van der Waals surface area contributed by atoms with Crippen molar-refractivity contribution in [3.05, 3.63) is 55.5 Å². The molecule has 2 aromatic heterocycles. The molecule has 0 saturated carbocycles. The Hall–Kier alpha value is -1.82. The van der Waals surface area contributed by atoms with E-state index < -0.39 is 0 Å². The molecule has 0 saturated heterocycles. The fourth-order valence-corrected chi connectivity index (χ4v) is 3.25. The van der Waals surface area contributed by atoms with Crippen LogP contribution in [-0.2, 0) is 6.42 Å². The number of fused-ring (bicyclic) bond motifs is 1. The molecule has 23 heavy (non-hydrogen) atoms. The number of hydrogen-bond acceptors (Lipinski definition) is 3. The molecule has 0 bridgehead atoms. The van der Waals surface area contributed by atoms with E-state index in [2.05, 4.69) is 10.1 Å². The summed E-state index contributed by atoms with van der Waals surface area (Å²) in [6, 6.07) is 5.22. The molecular formula is C16H15Cl2N3O2. The largest absolute Gasteiger partial charge is 0.396 e. The highest BCUT2D eigenvalue weighted by atomic mass is 35.5. The lowest BCUT2D eigenvalue weighted by atomic mass is 10.1. The van der Waals surface area contributed by atoms with Gasteiger partial charge in [-0.3, -0.25) is 4.79 Å². The van der Waals surface area contributed by atoms with Gasteiger partial charge in [-0.05, 0) is 26.0 Å². The molecule has 0 aliphatic heterocycles. The molecular weight excluding hydrogens is 337 g/mol. The molecule has 0 amide bonds. The standard InChI is InChI=1S/C16H15Cl2N3O2/c1-8-11(5-6-22)16(23)21-15(19-8)14(9(2)20-21)12-4-3-10(17)7-13(12)18/h3-4,7,19,22H,5-6H2,1-2H3. The first-order valence-electron chi connectivity index (χ1n) is 7.11. The van der Waals surface area contributed by atoms with Crippen molar-refractivity contribution < 1.29 is 5.11 Å². The molecule has 0 aliphatic carbocycles. The summed E-state index contributed by atoms with van der Waals surface area (Å²) in [5.74, 6) is 0. The van der Waals surface area contributed by atoms with E-state index in [9.17, 15) is 4.79 Å². The topological polar surface area (TPSA) is 70.4 Å². The number of aryl methyl sites for hydroxylation is 2. The van der Waals surface area contributed by atoms with E-state index >= 15 is 0 Å². The number of aliphatic hydroxyl groups excluding tert-OH is 1. The third-order valence-corrected chi connectivity index (χ3v) is 4.38. The van der Waals surface area contributed by atoms with Crippen molar-refractivity contribution in [2.24, 2.45) is 0 Å². The molecule has 7 heteroatoms. The zero-order valence-electron chi connectivity index (χ0n) is 12.7. The van der Waals surface area contributed by atoms with Gasteiger partial charge in [0, 0.05) is 40.4 Å². The summed E-state index contributed by atoms with van der Waals surface area (Å²) in [6.45, 7) is 3.54. The molecule has 3 aromatic rings. The molecule has 0 atom stereocenters. The Labute approximate surface area is 142 Å². The summed E-state index contributed by atoms with van der Waals surface area (Å²) >= 11 is 12.3. The Morgan fingerprint density at radius 3 is 2.70 bits per heavy atom. The predicted molar refractivity (Wildman–Crippen MR) is 91.5 cm³/mol. The third kappa shape index (κ3) is 2.65. The van der Waals surface area contributed by atoms with Crippen LogP contribution in [0.5, 0.6) is 0 Å². The monoisotopic (exact) mass is 351 g/mol. The Morgan fingerprint density at radius 1 is 1.30 bits per heavy atom. The van der Waals surface area contributed by atoms with Gasteiger partial charge in [-0.15, -0.1) is 0 Å². The number of aliphatic hydroxyl groups is 1. The molecule has 0 radical (unpaired) electrons. The SMILES string of the molecule is Cc1nn2c(=O)c(CCO)c(C)[nH]c2c1-c1ccc(Cl)cc1Cl. The number of rotatable bonds is 3. The first kappa shape index (κ1) is 16.1. The Bertz CT molecular complexity index is 960. The van der Waals surface area contributed by atoms with Crippen LogP contribution in [0.2, 0.25) is 10.0 Å². The maximum atomic E-state index is 12.6. The molecule has 0 spiro atoms. The first-order valence-corrected chi connectivity index (χ1v) is 7.87. The normalized spacial score (nSPS) is 11.3. The molecule has 1 aromatic carbocycles. The van der Waals surface area contributed by atoms with E-state index in [-0.39, 0.29) is 18.6 Å². The van der Waals surface area contributed by atoms with Gasteiger partial charge in [0.1, 0.15) is 5.65 Å². The molecule has 2 heterocycles. The first-order chi connectivity index (χ1) is 10.9. The summed E-state index contributed by atoms with van der Waals surface area (Å²) in [5.41, 5.74) is 3.79. The number of aromatic nitrogens is 3. The second-order valence-electron chi connectivity index (χ2n) is 5.35. The maximum Gasteiger partial charge on any atom is 0.277 e. The smallest absolute Gasteiger partial charge is 0.277 e. The molecule has 0 fully saturated rings. The number of aromatic amines is 1. The van der Waals surface area contributed by atoms with Gasteiger partial charge in [0.05, 0.1) is 10.7 Å².